The van der Waals surface area contributed by atoms with E-state index in [1.54, 1.807) is 11.8 Å². The van der Waals surface area contributed by atoms with Gasteiger partial charge in [-0.05, 0) is 34.9 Å². The van der Waals surface area contributed by atoms with Crippen LogP contribution < -0.4 is 17.0 Å². The molecule has 2 aromatic heterocycles. The van der Waals surface area contributed by atoms with Gasteiger partial charge in [0.25, 0.3) is 0 Å². The zero-order chi connectivity index (χ0) is 22.7. The Labute approximate surface area is 182 Å². The molecule has 0 aliphatic heterocycles. The molecule has 2 heterocycles. The van der Waals surface area contributed by atoms with E-state index in [2.05, 4.69) is 34.2 Å². The van der Waals surface area contributed by atoms with Crippen LogP contribution in [0.4, 0.5) is 13.2 Å². The number of hydrazine groups is 1. The van der Waals surface area contributed by atoms with Crippen LogP contribution >= 0.6 is 0 Å². The van der Waals surface area contributed by atoms with Gasteiger partial charge in [0.15, 0.2) is 5.70 Å². The van der Waals surface area contributed by atoms with Crippen LogP contribution in [0.2, 0.25) is 0 Å². The second-order valence-corrected chi connectivity index (χ2v) is 7.25. The van der Waals surface area contributed by atoms with Crippen molar-refractivity contribution in [3.8, 4) is 11.4 Å². The van der Waals surface area contributed by atoms with Crippen molar-refractivity contribution in [2.45, 2.75) is 19.1 Å². The van der Waals surface area contributed by atoms with E-state index in [9.17, 15) is 13.2 Å². The highest BCUT2D eigenvalue weighted by atomic mass is 19.4. The standard InChI is InChI=1S/C23H21F3N6/c24-23(25,26)22(31-28)21(27)17-8-10-29-19(12-17)20-13-32(14-30-20)11-9-16-6-3-5-15-4-1-2-7-18(15)16/h1-8,10,12-14,31H,9,11,27-28H2/b22-21-. The van der Waals surface area contributed by atoms with Crippen LogP contribution in [0.5, 0.6) is 0 Å². The van der Waals surface area contributed by atoms with Crippen molar-refractivity contribution < 1.29 is 13.2 Å². The van der Waals surface area contributed by atoms with E-state index < -0.39 is 17.6 Å². The lowest BCUT2D eigenvalue weighted by Crippen LogP contribution is -2.34. The van der Waals surface area contributed by atoms with Gasteiger partial charge in [-0.1, -0.05) is 42.5 Å². The Kier molecular flexibility index (Phi) is 5.83. The van der Waals surface area contributed by atoms with E-state index in [1.807, 2.05) is 29.0 Å². The van der Waals surface area contributed by atoms with E-state index in [0.717, 1.165) is 6.42 Å². The number of fused-ring (bicyclic) bond motifs is 1. The van der Waals surface area contributed by atoms with Crippen molar-refractivity contribution in [3.63, 3.8) is 0 Å². The Balaban J connectivity index is 1.55. The topological polar surface area (TPSA) is 94.8 Å². The average molecular weight is 438 g/mol. The van der Waals surface area contributed by atoms with Gasteiger partial charge in [0.05, 0.1) is 17.7 Å². The molecule has 0 saturated carbocycles. The largest absolute Gasteiger partial charge is 0.434 e. The summed E-state index contributed by atoms with van der Waals surface area (Å²) in [5.74, 6) is 5.03. The first kappa shape index (κ1) is 21.4. The number of pyridine rings is 1. The van der Waals surface area contributed by atoms with Gasteiger partial charge in [-0.2, -0.15) is 13.2 Å². The van der Waals surface area contributed by atoms with E-state index in [1.165, 1.54) is 34.7 Å². The Hall–Kier alpha value is -3.85. The van der Waals surface area contributed by atoms with Gasteiger partial charge in [-0.3, -0.25) is 10.8 Å². The summed E-state index contributed by atoms with van der Waals surface area (Å²) in [7, 11) is 0. The van der Waals surface area contributed by atoms with Gasteiger partial charge in [0.1, 0.15) is 5.69 Å². The second kappa shape index (κ2) is 8.72. The van der Waals surface area contributed by atoms with Crippen molar-refractivity contribution in [2.24, 2.45) is 11.6 Å². The Morgan fingerprint density at radius 1 is 1.00 bits per heavy atom. The predicted octanol–water partition coefficient (Wildman–Crippen LogP) is 3.99. The maximum Gasteiger partial charge on any atom is 0.434 e. The van der Waals surface area contributed by atoms with E-state index in [-0.39, 0.29) is 5.56 Å². The maximum atomic E-state index is 13.1. The number of halogens is 3. The van der Waals surface area contributed by atoms with Crippen molar-refractivity contribution in [1.29, 1.82) is 0 Å². The molecule has 9 heteroatoms. The normalized spacial score (nSPS) is 12.6. The molecule has 0 aliphatic rings. The van der Waals surface area contributed by atoms with Crippen molar-refractivity contribution in [1.82, 2.24) is 20.0 Å². The summed E-state index contributed by atoms with van der Waals surface area (Å²) in [5.41, 5.74) is 7.94. The fourth-order valence-electron chi connectivity index (χ4n) is 3.57. The Morgan fingerprint density at radius 3 is 2.56 bits per heavy atom. The van der Waals surface area contributed by atoms with Crippen molar-refractivity contribution in [3.05, 3.63) is 90.1 Å². The van der Waals surface area contributed by atoms with Crippen LogP contribution in [0.1, 0.15) is 11.1 Å². The third-order valence-electron chi connectivity index (χ3n) is 5.18. The minimum absolute atomic E-state index is 0.144. The molecule has 164 valence electrons. The summed E-state index contributed by atoms with van der Waals surface area (Å²) in [5, 5.41) is 2.40. The molecule has 0 fully saturated rings. The Morgan fingerprint density at radius 2 is 1.78 bits per heavy atom. The molecule has 0 spiro atoms. The fraction of sp³-hybridized carbons (Fsp3) is 0.130. The fourth-order valence-corrected chi connectivity index (χ4v) is 3.57. The minimum atomic E-state index is -4.70. The molecule has 5 N–H and O–H groups in total. The number of nitrogens with one attached hydrogen (secondary N) is 1. The summed E-state index contributed by atoms with van der Waals surface area (Å²) in [6.45, 7) is 0.693. The molecule has 6 nitrogen and oxygen atoms in total. The molecular weight excluding hydrogens is 417 g/mol. The summed E-state index contributed by atoms with van der Waals surface area (Å²) < 4.78 is 41.2. The van der Waals surface area contributed by atoms with Crippen LogP contribution in [-0.4, -0.2) is 20.7 Å². The number of alkyl halides is 3. The van der Waals surface area contributed by atoms with Gasteiger partial charge >= 0.3 is 6.18 Å². The predicted molar refractivity (Wildman–Crippen MR) is 118 cm³/mol. The molecule has 0 aliphatic carbocycles. The first-order valence-electron chi connectivity index (χ1n) is 9.85. The number of allylic oxidation sites excluding steroid dienone is 1. The molecule has 4 aromatic rings. The first-order valence-corrected chi connectivity index (χ1v) is 9.85. The number of imidazole rings is 1. The average Bonchev–Trinajstić information content (AvgIpc) is 3.26. The highest BCUT2D eigenvalue weighted by Crippen LogP contribution is 2.28. The van der Waals surface area contributed by atoms with Gasteiger partial charge in [0, 0.05) is 24.5 Å². The van der Waals surface area contributed by atoms with E-state index in [0.29, 0.717) is 17.9 Å². The number of hydrogen-bond acceptors (Lipinski definition) is 5. The quantitative estimate of drug-likeness (QED) is 0.313. The number of aromatic nitrogens is 3. The van der Waals surface area contributed by atoms with E-state index >= 15 is 0 Å². The summed E-state index contributed by atoms with van der Waals surface area (Å²) >= 11 is 0. The monoisotopic (exact) mass is 438 g/mol. The molecule has 0 radical (unpaired) electrons. The van der Waals surface area contributed by atoms with Crippen LogP contribution in [0.15, 0.2) is 79.0 Å². The summed E-state index contributed by atoms with van der Waals surface area (Å²) in [6, 6.07) is 17.3. The van der Waals surface area contributed by atoms with Crippen molar-refractivity contribution in [2.75, 3.05) is 0 Å². The summed E-state index contributed by atoms with van der Waals surface area (Å²) in [6.07, 6.45) is 0.972. The SMILES string of the molecule is NN/C(=C(\N)c1ccnc(-c2cn(CCc3cccc4ccccc34)cn2)c1)C(F)(F)F. The zero-order valence-corrected chi connectivity index (χ0v) is 17.0. The molecule has 0 unspecified atom stereocenters. The van der Waals surface area contributed by atoms with Gasteiger partial charge in [-0.25, -0.2) is 4.98 Å². The lowest BCUT2D eigenvalue weighted by molar-refractivity contribution is -0.0961. The summed E-state index contributed by atoms with van der Waals surface area (Å²) in [4.78, 5) is 8.58. The van der Waals surface area contributed by atoms with Crippen molar-refractivity contribution >= 4 is 16.5 Å². The lowest BCUT2D eigenvalue weighted by Gasteiger charge is -2.14. The second-order valence-electron chi connectivity index (χ2n) is 7.25. The first-order chi connectivity index (χ1) is 15.4. The van der Waals surface area contributed by atoms with Crippen LogP contribution in [0.3, 0.4) is 0 Å². The zero-order valence-electron chi connectivity index (χ0n) is 17.0. The van der Waals surface area contributed by atoms with Crippen LogP contribution in [0.25, 0.3) is 27.9 Å². The van der Waals surface area contributed by atoms with Gasteiger partial charge in [0.2, 0.25) is 0 Å². The number of nitrogens with two attached hydrogens (primary N) is 2. The molecule has 0 saturated heterocycles. The Bertz CT molecular complexity index is 1270. The van der Waals surface area contributed by atoms with Crippen LogP contribution in [0, 0.1) is 0 Å². The molecule has 0 atom stereocenters. The molecule has 0 amide bonds. The minimum Gasteiger partial charge on any atom is -0.397 e. The third kappa shape index (κ3) is 4.42. The maximum absolute atomic E-state index is 13.1. The molecule has 0 bridgehead atoms. The molecular formula is C23H21F3N6. The molecule has 4 rings (SSSR count). The number of rotatable bonds is 6. The van der Waals surface area contributed by atoms with Gasteiger partial charge in [-0.15, -0.1) is 0 Å². The number of aryl methyl sites for hydroxylation is 2. The molecule has 32 heavy (non-hydrogen) atoms. The van der Waals surface area contributed by atoms with E-state index in [4.69, 9.17) is 11.6 Å². The highest BCUT2D eigenvalue weighted by molar-refractivity contribution is 5.85. The smallest absolute Gasteiger partial charge is 0.397 e. The lowest BCUT2D eigenvalue weighted by atomic mass is 10.0. The van der Waals surface area contributed by atoms with Gasteiger partial charge < -0.3 is 15.7 Å². The number of benzene rings is 2. The van der Waals surface area contributed by atoms with Crippen LogP contribution in [-0.2, 0) is 13.0 Å². The number of nitrogens with zero attached hydrogens (tertiary/aromatic N) is 3. The highest BCUT2D eigenvalue weighted by Gasteiger charge is 2.36. The third-order valence-corrected chi connectivity index (χ3v) is 5.18. The number of hydrogen-bond donors (Lipinski definition) is 3. The molecule has 2 aromatic carbocycles.